The monoisotopic (exact) mass is 377 g/mol. The molecule has 4 rings (SSSR count). The predicted octanol–water partition coefficient (Wildman–Crippen LogP) is 2.21. The van der Waals surface area contributed by atoms with E-state index in [0.717, 1.165) is 18.5 Å². The van der Waals surface area contributed by atoms with E-state index in [1.807, 2.05) is 11.5 Å². The van der Waals surface area contributed by atoms with E-state index in [9.17, 15) is 0 Å². The smallest absolute Gasteiger partial charge is 0.199 e. The van der Waals surface area contributed by atoms with Gasteiger partial charge >= 0.3 is 0 Å². The summed E-state index contributed by atoms with van der Waals surface area (Å²) in [7, 11) is 0. The SMILES string of the molecule is CCn1c(-c2nonc2N)nc2c(Cl)ncc(OCCCN3CCC3)c21. The Labute approximate surface area is 155 Å². The molecule has 1 saturated heterocycles. The van der Waals surface area contributed by atoms with E-state index in [1.54, 1.807) is 6.20 Å². The molecular formula is C16H20ClN7O2. The Morgan fingerprint density at radius 2 is 2.19 bits per heavy atom. The van der Waals surface area contributed by atoms with Crippen LogP contribution < -0.4 is 10.5 Å². The zero-order valence-electron chi connectivity index (χ0n) is 14.5. The number of pyridine rings is 1. The molecule has 26 heavy (non-hydrogen) atoms. The molecule has 2 N–H and O–H groups in total. The first-order valence-corrected chi connectivity index (χ1v) is 9.05. The highest BCUT2D eigenvalue weighted by atomic mass is 35.5. The van der Waals surface area contributed by atoms with Gasteiger partial charge in [-0.3, -0.25) is 0 Å². The number of likely N-dealkylation sites (tertiary alicyclic amines) is 1. The van der Waals surface area contributed by atoms with Crippen LogP contribution in [0.4, 0.5) is 5.82 Å². The van der Waals surface area contributed by atoms with Crippen molar-refractivity contribution in [1.82, 2.24) is 29.7 Å². The molecule has 1 aliphatic heterocycles. The van der Waals surface area contributed by atoms with Crippen LogP contribution in [0, 0.1) is 0 Å². The Kier molecular flexibility index (Phi) is 4.64. The standard InChI is InChI=1S/C16H20ClN7O2/c1-2-24-13-10(25-8-4-7-23-5-3-6-23)9-19-14(17)11(13)20-16(24)12-15(18)22-26-21-12/h9H,2-8H2,1H3,(H2,18,22). The summed E-state index contributed by atoms with van der Waals surface area (Å²) in [5.41, 5.74) is 7.53. The molecular weight excluding hydrogens is 358 g/mol. The van der Waals surface area contributed by atoms with Gasteiger partial charge in [0.25, 0.3) is 0 Å². The average molecular weight is 378 g/mol. The lowest BCUT2D eigenvalue weighted by Gasteiger charge is -2.30. The molecule has 1 fully saturated rings. The first-order chi connectivity index (χ1) is 12.7. The van der Waals surface area contributed by atoms with Crippen LogP contribution in [0.2, 0.25) is 5.15 Å². The second-order valence-corrected chi connectivity index (χ2v) is 6.54. The summed E-state index contributed by atoms with van der Waals surface area (Å²) in [6.45, 7) is 6.65. The summed E-state index contributed by atoms with van der Waals surface area (Å²) < 4.78 is 12.6. The maximum atomic E-state index is 6.26. The summed E-state index contributed by atoms with van der Waals surface area (Å²) in [6, 6.07) is 0. The fourth-order valence-corrected chi connectivity index (χ4v) is 3.29. The molecule has 0 spiro atoms. The minimum Gasteiger partial charge on any atom is -0.490 e. The number of nitrogens with two attached hydrogens (primary N) is 1. The van der Waals surface area contributed by atoms with Crippen molar-refractivity contribution in [2.75, 3.05) is 32.0 Å². The van der Waals surface area contributed by atoms with Crippen LogP contribution in [-0.4, -0.2) is 56.0 Å². The average Bonchev–Trinajstić information content (AvgIpc) is 3.18. The molecule has 0 atom stereocenters. The lowest BCUT2D eigenvalue weighted by atomic mass is 10.2. The number of aryl methyl sites for hydroxylation is 1. The second kappa shape index (κ2) is 7.08. The molecule has 0 bridgehead atoms. The van der Waals surface area contributed by atoms with Crippen molar-refractivity contribution in [3.05, 3.63) is 11.3 Å². The van der Waals surface area contributed by atoms with E-state index >= 15 is 0 Å². The largest absolute Gasteiger partial charge is 0.490 e. The minimum atomic E-state index is 0.177. The van der Waals surface area contributed by atoms with Crippen molar-refractivity contribution >= 4 is 28.5 Å². The molecule has 1 aliphatic rings. The van der Waals surface area contributed by atoms with Gasteiger partial charge in [-0.15, -0.1) is 0 Å². The molecule has 10 heteroatoms. The molecule has 0 amide bonds. The molecule has 0 unspecified atom stereocenters. The Morgan fingerprint density at radius 1 is 1.35 bits per heavy atom. The van der Waals surface area contributed by atoms with Crippen LogP contribution in [0.5, 0.6) is 5.75 Å². The van der Waals surface area contributed by atoms with Gasteiger partial charge in [0, 0.05) is 13.1 Å². The van der Waals surface area contributed by atoms with Crippen LogP contribution in [-0.2, 0) is 6.54 Å². The van der Waals surface area contributed by atoms with E-state index in [1.165, 1.54) is 19.5 Å². The van der Waals surface area contributed by atoms with Crippen LogP contribution in [0.15, 0.2) is 10.8 Å². The number of aromatic nitrogens is 5. The van der Waals surface area contributed by atoms with Crippen molar-refractivity contribution in [3.63, 3.8) is 0 Å². The van der Waals surface area contributed by atoms with Gasteiger partial charge < -0.3 is 19.9 Å². The number of nitrogen functional groups attached to an aromatic ring is 1. The first kappa shape index (κ1) is 17.0. The van der Waals surface area contributed by atoms with E-state index in [-0.39, 0.29) is 5.82 Å². The number of anilines is 1. The Balaban J connectivity index is 1.66. The molecule has 4 heterocycles. The lowest BCUT2D eigenvalue weighted by Crippen LogP contribution is -2.38. The van der Waals surface area contributed by atoms with Gasteiger partial charge in [0.15, 0.2) is 28.2 Å². The van der Waals surface area contributed by atoms with Crippen LogP contribution in [0.1, 0.15) is 19.8 Å². The summed E-state index contributed by atoms with van der Waals surface area (Å²) in [5.74, 6) is 1.35. The molecule has 0 aliphatic carbocycles. The van der Waals surface area contributed by atoms with Crippen molar-refractivity contribution in [3.8, 4) is 17.3 Å². The van der Waals surface area contributed by atoms with Crippen molar-refractivity contribution in [1.29, 1.82) is 0 Å². The quantitative estimate of drug-likeness (QED) is 0.493. The molecule has 3 aromatic rings. The highest BCUT2D eigenvalue weighted by molar-refractivity contribution is 6.34. The number of hydrogen-bond donors (Lipinski definition) is 1. The van der Waals surface area contributed by atoms with E-state index in [2.05, 4.69) is 25.2 Å². The minimum absolute atomic E-state index is 0.177. The second-order valence-electron chi connectivity index (χ2n) is 6.19. The van der Waals surface area contributed by atoms with Gasteiger partial charge in [-0.2, -0.15) is 0 Å². The Hall–Kier alpha value is -2.39. The summed E-state index contributed by atoms with van der Waals surface area (Å²) in [5, 5.41) is 7.79. The van der Waals surface area contributed by atoms with Gasteiger partial charge in [0.1, 0.15) is 11.0 Å². The number of hydrogen-bond acceptors (Lipinski definition) is 8. The van der Waals surface area contributed by atoms with Gasteiger partial charge in [-0.05, 0) is 43.2 Å². The van der Waals surface area contributed by atoms with Crippen molar-refractivity contribution in [2.24, 2.45) is 0 Å². The van der Waals surface area contributed by atoms with E-state index < -0.39 is 0 Å². The van der Waals surface area contributed by atoms with Gasteiger partial charge in [0.05, 0.1) is 12.8 Å². The number of imidazole rings is 1. The Morgan fingerprint density at radius 3 is 2.85 bits per heavy atom. The maximum absolute atomic E-state index is 6.26. The number of fused-ring (bicyclic) bond motifs is 1. The molecule has 0 aromatic carbocycles. The number of nitrogens with zero attached hydrogens (tertiary/aromatic N) is 6. The van der Waals surface area contributed by atoms with Gasteiger partial charge in [-0.1, -0.05) is 11.6 Å². The Bertz CT molecular complexity index is 919. The van der Waals surface area contributed by atoms with Gasteiger partial charge in [-0.25, -0.2) is 14.6 Å². The number of ether oxygens (including phenoxy) is 1. The molecule has 3 aromatic heterocycles. The predicted molar refractivity (Wildman–Crippen MR) is 97.1 cm³/mol. The summed E-state index contributed by atoms with van der Waals surface area (Å²) in [6.07, 6.45) is 3.88. The molecule has 0 radical (unpaired) electrons. The molecule has 0 saturated carbocycles. The van der Waals surface area contributed by atoms with Gasteiger partial charge in [0.2, 0.25) is 0 Å². The zero-order valence-corrected chi connectivity index (χ0v) is 15.2. The lowest BCUT2D eigenvalue weighted by molar-refractivity contribution is 0.165. The number of rotatable bonds is 7. The third kappa shape index (κ3) is 2.97. The van der Waals surface area contributed by atoms with Crippen LogP contribution in [0.3, 0.4) is 0 Å². The van der Waals surface area contributed by atoms with Crippen molar-refractivity contribution in [2.45, 2.75) is 26.3 Å². The van der Waals surface area contributed by atoms with Crippen molar-refractivity contribution < 1.29 is 9.37 Å². The summed E-state index contributed by atoms with van der Waals surface area (Å²) in [4.78, 5) is 11.2. The highest BCUT2D eigenvalue weighted by Gasteiger charge is 2.23. The first-order valence-electron chi connectivity index (χ1n) is 8.67. The normalized spacial score (nSPS) is 14.7. The zero-order chi connectivity index (χ0) is 18.1. The molecule has 138 valence electrons. The van der Waals surface area contributed by atoms with E-state index in [4.69, 9.17) is 26.7 Å². The molecule has 9 nitrogen and oxygen atoms in total. The van der Waals surface area contributed by atoms with Crippen LogP contribution in [0.25, 0.3) is 22.6 Å². The maximum Gasteiger partial charge on any atom is 0.199 e. The highest BCUT2D eigenvalue weighted by Crippen LogP contribution is 2.34. The third-order valence-corrected chi connectivity index (χ3v) is 4.84. The number of halogens is 1. The third-order valence-electron chi connectivity index (χ3n) is 4.56. The summed E-state index contributed by atoms with van der Waals surface area (Å²) >= 11 is 6.26. The topological polar surface area (TPSA) is 108 Å². The van der Waals surface area contributed by atoms with Crippen LogP contribution >= 0.6 is 11.6 Å². The fourth-order valence-electron chi connectivity index (χ4n) is 3.10. The van der Waals surface area contributed by atoms with E-state index in [0.29, 0.717) is 41.1 Å². The fraction of sp³-hybridized carbons (Fsp3) is 0.500.